The lowest BCUT2D eigenvalue weighted by Gasteiger charge is -2.43. The Kier molecular flexibility index (Phi) is 5.26. The Morgan fingerprint density at radius 2 is 1.76 bits per heavy atom. The largest absolute Gasteiger partial charge is 0.318 e. The molecule has 1 heterocycles. The smallest absolute Gasteiger partial charge is 0.0345 e. The van der Waals surface area contributed by atoms with Crippen molar-refractivity contribution in [1.82, 2.24) is 15.1 Å². The zero-order chi connectivity index (χ0) is 12.1. The molecule has 1 atom stereocenters. The van der Waals surface area contributed by atoms with Crippen LogP contribution in [0.2, 0.25) is 0 Å². The molecule has 0 aromatic heterocycles. The van der Waals surface area contributed by atoms with Gasteiger partial charge in [-0.1, -0.05) is 25.7 Å². The predicted molar refractivity (Wildman–Crippen MR) is 73.4 cm³/mol. The molecule has 0 aromatic carbocycles. The summed E-state index contributed by atoms with van der Waals surface area (Å²) in [6, 6.07) is 1.59. The summed E-state index contributed by atoms with van der Waals surface area (Å²) in [6.45, 7) is 4.91. The van der Waals surface area contributed by atoms with Crippen LogP contribution in [0.25, 0.3) is 0 Å². The lowest BCUT2D eigenvalue weighted by atomic mass is 10.0. The van der Waals surface area contributed by atoms with E-state index in [1.54, 1.807) is 0 Å². The van der Waals surface area contributed by atoms with Gasteiger partial charge in [0.15, 0.2) is 0 Å². The standard InChI is InChI=1S/C14H29N3/c1-15-11-14-12-17(10-9-16(14)2)13-7-5-3-4-6-8-13/h13-15H,3-12H2,1-2H3. The third kappa shape index (κ3) is 3.67. The highest BCUT2D eigenvalue weighted by atomic mass is 15.3. The third-order valence-corrected chi connectivity index (χ3v) is 4.59. The van der Waals surface area contributed by atoms with E-state index < -0.39 is 0 Å². The van der Waals surface area contributed by atoms with Gasteiger partial charge in [0.05, 0.1) is 0 Å². The van der Waals surface area contributed by atoms with Crippen LogP contribution in [0.1, 0.15) is 38.5 Å². The van der Waals surface area contributed by atoms with Crippen molar-refractivity contribution in [2.75, 3.05) is 40.3 Å². The summed E-state index contributed by atoms with van der Waals surface area (Å²) >= 11 is 0. The van der Waals surface area contributed by atoms with Crippen LogP contribution in [0.5, 0.6) is 0 Å². The van der Waals surface area contributed by atoms with Crippen molar-refractivity contribution < 1.29 is 0 Å². The summed E-state index contributed by atoms with van der Waals surface area (Å²) in [6.07, 6.45) is 8.71. The molecule has 17 heavy (non-hydrogen) atoms. The quantitative estimate of drug-likeness (QED) is 0.754. The summed E-state index contributed by atoms with van der Waals surface area (Å²) in [5.74, 6) is 0. The minimum absolute atomic E-state index is 0.706. The molecule has 2 aliphatic rings. The molecular weight excluding hydrogens is 210 g/mol. The van der Waals surface area contributed by atoms with Gasteiger partial charge in [0.25, 0.3) is 0 Å². The lowest BCUT2D eigenvalue weighted by Crippen LogP contribution is -2.57. The highest BCUT2D eigenvalue weighted by Crippen LogP contribution is 2.23. The Morgan fingerprint density at radius 3 is 2.41 bits per heavy atom. The van der Waals surface area contributed by atoms with Crippen LogP contribution in [0.15, 0.2) is 0 Å². The Morgan fingerprint density at radius 1 is 1.06 bits per heavy atom. The monoisotopic (exact) mass is 239 g/mol. The zero-order valence-corrected chi connectivity index (χ0v) is 11.6. The molecule has 2 rings (SSSR count). The first-order chi connectivity index (χ1) is 8.31. The van der Waals surface area contributed by atoms with Crippen molar-refractivity contribution in [2.45, 2.75) is 50.6 Å². The van der Waals surface area contributed by atoms with Gasteiger partial charge < -0.3 is 5.32 Å². The molecule has 3 heteroatoms. The van der Waals surface area contributed by atoms with Crippen molar-refractivity contribution in [1.29, 1.82) is 0 Å². The van der Waals surface area contributed by atoms with E-state index in [0.717, 1.165) is 12.6 Å². The first-order valence-corrected chi connectivity index (χ1v) is 7.40. The first kappa shape index (κ1) is 13.3. The van der Waals surface area contributed by atoms with Crippen LogP contribution in [0.3, 0.4) is 0 Å². The molecule has 0 bridgehead atoms. The molecule has 0 radical (unpaired) electrons. The van der Waals surface area contributed by atoms with Crippen LogP contribution < -0.4 is 5.32 Å². The Hall–Kier alpha value is -0.120. The van der Waals surface area contributed by atoms with E-state index in [9.17, 15) is 0 Å². The molecule has 1 saturated carbocycles. The van der Waals surface area contributed by atoms with Crippen LogP contribution in [0, 0.1) is 0 Å². The van der Waals surface area contributed by atoms with E-state index in [4.69, 9.17) is 0 Å². The van der Waals surface area contributed by atoms with Crippen molar-refractivity contribution in [2.24, 2.45) is 0 Å². The fourth-order valence-corrected chi connectivity index (χ4v) is 3.38. The maximum atomic E-state index is 3.34. The molecule has 1 saturated heterocycles. The number of nitrogens with one attached hydrogen (secondary N) is 1. The topological polar surface area (TPSA) is 18.5 Å². The van der Waals surface area contributed by atoms with Crippen LogP contribution in [-0.2, 0) is 0 Å². The summed E-state index contributed by atoms with van der Waals surface area (Å²) in [7, 11) is 4.34. The van der Waals surface area contributed by atoms with Crippen molar-refractivity contribution >= 4 is 0 Å². The molecule has 1 aliphatic heterocycles. The predicted octanol–water partition coefficient (Wildman–Crippen LogP) is 1.54. The van der Waals surface area contributed by atoms with Gasteiger partial charge in [-0.3, -0.25) is 9.80 Å². The molecular formula is C14H29N3. The summed E-state index contributed by atoms with van der Waals surface area (Å²) in [5, 5.41) is 3.34. The Bertz CT molecular complexity index is 212. The van der Waals surface area contributed by atoms with Gasteiger partial charge in [0, 0.05) is 38.3 Å². The normalized spacial score (nSPS) is 30.4. The summed E-state index contributed by atoms with van der Waals surface area (Å²) < 4.78 is 0. The minimum atomic E-state index is 0.706. The molecule has 0 amide bonds. The highest BCUT2D eigenvalue weighted by molar-refractivity contribution is 4.85. The van der Waals surface area contributed by atoms with E-state index in [0.29, 0.717) is 6.04 Å². The highest BCUT2D eigenvalue weighted by Gasteiger charge is 2.28. The van der Waals surface area contributed by atoms with Gasteiger partial charge in [-0.05, 0) is 26.9 Å². The SMILES string of the molecule is CNCC1CN(C2CCCCCC2)CCN1C. The maximum absolute atomic E-state index is 3.34. The molecule has 1 aliphatic carbocycles. The van der Waals surface area contributed by atoms with Gasteiger partial charge in [-0.2, -0.15) is 0 Å². The average Bonchev–Trinajstić information content (AvgIpc) is 2.61. The Labute approximate surface area is 107 Å². The van der Waals surface area contributed by atoms with Gasteiger partial charge in [0.2, 0.25) is 0 Å². The maximum Gasteiger partial charge on any atom is 0.0345 e. The van der Waals surface area contributed by atoms with Crippen LogP contribution in [0.4, 0.5) is 0 Å². The fraction of sp³-hybridized carbons (Fsp3) is 1.00. The van der Waals surface area contributed by atoms with E-state index in [2.05, 4.69) is 29.2 Å². The number of rotatable bonds is 3. The fourth-order valence-electron chi connectivity index (χ4n) is 3.38. The number of nitrogens with zero attached hydrogens (tertiary/aromatic N) is 2. The molecule has 1 N–H and O–H groups in total. The Balaban J connectivity index is 1.87. The van der Waals surface area contributed by atoms with E-state index in [1.165, 1.54) is 58.2 Å². The zero-order valence-electron chi connectivity index (χ0n) is 11.6. The van der Waals surface area contributed by atoms with Crippen molar-refractivity contribution in [3.8, 4) is 0 Å². The van der Waals surface area contributed by atoms with Crippen molar-refractivity contribution in [3.63, 3.8) is 0 Å². The molecule has 0 spiro atoms. The second-order valence-corrected chi connectivity index (χ2v) is 5.83. The molecule has 0 aromatic rings. The van der Waals surface area contributed by atoms with Crippen LogP contribution in [-0.4, -0.2) is 62.2 Å². The van der Waals surface area contributed by atoms with Gasteiger partial charge >= 0.3 is 0 Å². The van der Waals surface area contributed by atoms with E-state index >= 15 is 0 Å². The molecule has 3 nitrogen and oxygen atoms in total. The average molecular weight is 239 g/mol. The van der Waals surface area contributed by atoms with Gasteiger partial charge in [-0.15, -0.1) is 0 Å². The van der Waals surface area contributed by atoms with E-state index in [1.807, 2.05) is 0 Å². The molecule has 2 fully saturated rings. The van der Waals surface area contributed by atoms with Gasteiger partial charge in [0.1, 0.15) is 0 Å². The second kappa shape index (κ2) is 6.72. The first-order valence-electron chi connectivity index (χ1n) is 7.40. The second-order valence-electron chi connectivity index (χ2n) is 5.83. The van der Waals surface area contributed by atoms with Crippen molar-refractivity contribution in [3.05, 3.63) is 0 Å². The van der Waals surface area contributed by atoms with Crippen LogP contribution >= 0.6 is 0 Å². The van der Waals surface area contributed by atoms with E-state index in [-0.39, 0.29) is 0 Å². The number of likely N-dealkylation sites (N-methyl/N-ethyl adjacent to an activating group) is 2. The number of hydrogen-bond acceptors (Lipinski definition) is 3. The third-order valence-electron chi connectivity index (χ3n) is 4.59. The minimum Gasteiger partial charge on any atom is -0.318 e. The lowest BCUT2D eigenvalue weighted by molar-refractivity contribution is 0.0593. The summed E-state index contributed by atoms with van der Waals surface area (Å²) in [4.78, 5) is 5.29. The van der Waals surface area contributed by atoms with Gasteiger partial charge in [-0.25, -0.2) is 0 Å². The molecule has 1 unspecified atom stereocenters. The summed E-state index contributed by atoms with van der Waals surface area (Å²) in [5.41, 5.74) is 0. The number of piperazine rings is 1. The number of hydrogen-bond donors (Lipinski definition) is 1. The molecule has 100 valence electrons.